The molecule has 19 heavy (non-hydrogen) atoms. The quantitative estimate of drug-likeness (QED) is 0.864. The molecular weight excluding hydrogens is 238 g/mol. The minimum absolute atomic E-state index is 0.627. The molecule has 2 rings (SSSR count). The largest absolute Gasteiger partial charge is 0.379 e. The molecule has 0 fully saturated rings. The van der Waals surface area contributed by atoms with Gasteiger partial charge in [0.2, 0.25) is 0 Å². The Balaban J connectivity index is 2.02. The van der Waals surface area contributed by atoms with Crippen LogP contribution >= 0.6 is 0 Å². The van der Waals surface area contributed by atoms with Crippen molar-refractivity contribution >= 4 is 5.69 Å². The van der Waals surface area contributed by atoms with Crippen LogP contribution in [0.25, 0.3) is 0 Å². The van der Waals surface area contributed by atoms with Crippen molar-refractivity contribution in [1.29, 1.82) is 0 Å². The molecule has 1 aromatic heterocycles. The summed E-state index contributed by atoms with van der Waals surface area (Å²) < 4.78 is 5.47. The van der Waals surface area contributed by atoms with Crippen molar-refractivity contribution in [2.45, 2.75) is 27.0 Å². The summed E-state index contributed by atoms with van der Waals surface area (Å²) in [6.07, 6.45) is 1.78. The zero-order valence-corrected chi connectivity index (χ0v) is 11.4. The zero-order valence-electron chi connectivity index (χ0n) is 11.4. The molecule has 4 nitrogen and oxygen atoms in total. The van der Waals surface area contributed by atoms with Crippen LogP contribution in [0.4, 0.5) is 5.69 Å². The van der Waals surface area contributed by atoms with Crippen molar-refractivity contribution in [3.63, 3.8) is 0 Å². The van der Waals surface area contributed by atoms with Crippen LogP contribution in [-0.4, -0.2) is 16.6 Å². The van der Waals surface area contributed by atoms with Crippen LogP contribution in [0.5, 0.6) is 0 Å². The second-order valence-electron chi connectivity index (χ2n) is 4.24. The highest BCUT2D eigenvalue weighted by Gasteiger charge is 2.02. The lowest BCUT2D eigenvalue weighted by Gasteiger charge is -2.11. The van der Waals surface area contributed by atoms with Gasteiger partial charge in [-0.05, 0) is 26.0 Å². The number of aryl methyl sites for hydroxylation is 1. The molecule has 0 radical (unpaired) electrons. The van der Waals surface area contributed by atoms with E-state index in [1.165, 1.54) is 0 Å². The average molecular weight is 257 g/mol. The van der Waals surface area contributed by atoms with E-state index in [4.69, 9.17) is 4.74 Å². The number of para-hydroxylation sites is 1. The fourth-order valence-electron chi connectivity index (χ4n) is 1.82. The lowest BCUT2D eigenvalue weighted by Crippen LogP contribution is -2.06. The maximum atomic E-state index is 5.47. The van der Waals surface area contributed by atoms with E-state index in [9.17, 15) is 0 Å². The van der Waals surface area contributed by atoms with Crippen molar-refractivity contribution in [3.8, 4) is 0 Å². The number of ether oxygens (including phenoxy) is 1. The first-order chi connectivity index (χ1) is 9.29. The molecule has 4 heteroatoms. The lowest BCUT2D eigenvalue weighted by atomic mass is 10.2. The molecule has 0 atom stereocenters. The van der Waals surface area contributed by atoms with Gasteiger partial charge in [0, 0.05) is 24.1 Å². The van der Waals surface area contributed by atoms with Crippen LogP contribution in [-0.2, 0) is 17.9 Å². The molecule has 2 aromatic rings. The van der Waals surface area contributed by atoms with Crippen LogP contribution in [0.15, 0.2) is 36.5 Å². The van der Waals surface area contributed by atoms with Crippen molar-refractivity contribution in [2.75, 3.05) is 11.9 Å². The highest BCUT2D eigenvalue weighted by Crippen LogP contribution is 2.16. The van der Waals surface area contributed by atoms with E-state index >= 15 is 0 Å². The highest BCUT2D eigenvalue weighted by molar-refractivity contribution is 5.50. The second-order valence-corrected chi connectivity index (χ2v) is 4.24. The molecule has 100 valence electrons. The molecule has 0 aliphatic heterocycles. The molecule has 0 spiro atoms. The maximum absolute atomic E-state index is 5.47. The van der Waals surface area contributed by atoms with Crippen molar-refractivity contribution in [3.05, 3.63) is 53.6 Å². The predicted molar refractivity (Wildman–Crippen MR) is 75.9 cm³/mol. The third-order valence-corrected chi connectivity index (χ3v) is 2.77. The standard InChI is InChI=1S/C15H19N3O/c1-3-19-11-13-6-4-5-7-15(13)17-10-14-8-9-16-12(2)18-14/h4-9,17H,3,10-11H2,1-2H3. The van der Waals surface area contributed by atoms with Crippen molar-refractivity contribution in [1.82, 2.24) is 9.97 Å². The Labute approximate surface area is 113 Å². The number of anilines is 1. The van der Waals surface area contributed by atoms with Gasteiger partial charge in [0.25, 0.3) is 0 Å². The van der Waals surface area contributed by atoms with Gasteiger partial charge in [0.15, 0.2) is 0 Å². The van der Waals surface area contributed by atoms with E-state index in [2.05, 4.69) is 27.4 Å². The Morgan fingerprint density at radius 1 is 1.21 bits per heavy atom. The monoisotopic (exact) mass is 257 g/mol. The molecule has 0 saturated heterocycles. The molecule has 0 aliphatic carbocycles. The Morgan fingerprint density at radius 2 is 2.05 bits per heavy atom. The molecule has 0 amide bonds. The summed E-state index contributed by atoms with van der Waals surface area (Å²) in [5.41, 5.74) is 3.24. The minimum atomic E-state index is 0.627. The third-order valence-electron chi connectivity index (χ3n) is 2.77. The van der Waals surface area contributed by atoms with Crippen LogP contribution < -0.4 is 5.32 Å². The van der Waals surface area contributed by atoms with E-state index in [-0.39, 0.29) is 0 Å². The average Bonchev–Trinajstić information content (AvgIpc) is 2.44. The van der Waals surface area contributed by atoms with Gasteiger partial charge >= 0.3 is 0 Å². The van der Waals surface area contributed by atoms with E-state index in [1.807, 2.05) is 32.0 Å². The van der Waals surface area contributed by atoms with E-state index in [1.54, 1.807) is 6.20 Å². The fraction of sp³-hybridized carbons (Fsp3) is 0.333. The minimum Gasteiger partial charge on any atom is -0.379 e. The number of hydrogen-bond donors (Lipinski definition) is 1. The van der Waals surface area contributed by atoms with Gasteiger partial charge in [0.1, 0.15) is 5.82 Å². The fourth-order valence-corrected chi connectivity index (χ4v) is 1.82. The topological polar surface area (TPSA) is 47.0 Å². The first-order valence-corrected chi connectivity index (χ1v) is 6.47. The van der Waals surface area contributed by atoms with Crippen LogP contribution in [0.1, 0.15) is 24.0 Å². The normalized spacial score (nSPS) is 10.4. The number of nitrogens with one attached hydrogen (secondary N) is 1. The molecule has 0 unspecified atom stereocenters. The van der Waals surface area contributed by atoms with Crippen LogP contribution in [0.3, 0.4) is 0 Å². The molecular formula is C15H19N3O. The molecule has 1 N–H and O–H groups in total. The summed E-state index contributed by atoms with van der Waals surface area (Å²) in [6.45, 7) is 5.93. The van der Waals surface area contributed by atoms with Gasteiger partial charge in [-0.15, -0.1) is 0 Å². The Morgan fingerprint density at radius 3 is 2.84 bits per heavy atom. The first-order valence-electron chi connectivity index (χ1n) is 6.47. The number of aromatic nitrogens is 2. The molecule has 1 aromatic carbocycles. The maximum Gasteiger partial charge on any atom is 0.125 e. The Bertz CT molecular complexity index is 528. The number of benzene rings is 1. The zero-order chi connectivity index (χ0) is 13.5. The summed E-state index contributed by atoms with van der Waals surface area (Å²) in [4.78, 5) is 8.47. The molecule has 1 heterocycles. The first kappa shape index (κ1) is 13.5. The smallest absolute Gasteiger partial charge is 0.125 e. The number of hydrogen-bond acceptors (Lipinski definition) is 4. The molecule has 0 bridgehead atoms. The van der Waals surface area contributed by atoms with Crippen LogP contribution in [0, 0.1) is 6.92 Å². The summed E-state index contributed by atoms with van der Waals surface area (Å²) >= 11 is 0. The van der Waals surface area contributed by atoms with E-state index < -0.39 is 0 Å². The van der Waals surface area contributed by atoms with Gasteiger partial charge in [-0.2, -0.15) is 0 Å². The lowest BCUT2D eigenvalue weighted by molar-refractivity contribution is 0.134. The summed E-state index contributed by atoms with van der Waals surface area (Å²) in [5, 5.41) is 3.40. The van der Waals surface area contributed by atoms with E-state index in [0.717, 1.165) is 29.4 Å². The van der Waals surface area contributed by atoms with E-state index in [0.29, 0.717) is 13.2 Å². The summed E-state index contributed by atoms with van der Waals surface area (Å²) in [6, 6.07) is 10.1. The highest BCUT2D eigenvalue weighted by atomic mass is 16.5. The number of rotatable bonds is 6. The summed E-state index contributed by atoms with van der Waals surface area (Å²) in [7, 11) is 0. The van der Waals surface area contributed by atoms with Crippen LogP contribution in [0.2, 0.25) is 0 Å². The Hall–Kier alpha value is -1.94. The molecule has 0 saturated carbocycles. The van der Waals surface area contributed by atoms with Gasteiger partial charge in [0.05, 0.1) is 18.8 Å². The SMILES string of the molecule is CCOCc1ccccc1NCc1ccnc(C)n1. The van der Waals surface area contributed by atoms with Gasteiger partial charge in [-0.1, -0.05) is 18.2 Å². The number of nitrogens with zero attached hydrogens (tertiary/aromatic N) is 2. The van der Waals surface area contributed by atoms with Crippen molar-refractivity contribution in [2.24, 2.45) is 0 Å². The van der Waals surface area contributed by atoms with Crippen molar-refractivity contribution < 1.29 is 4.74 Å². The molecule has 0 aliphatic rings. The third kappa shape index (κ3) is 4.03. The Kier molecular flexibility index (Phi) is 4.86. The van der Waals surface area contributed by atoms with Gasteiger partial charge in [-0.3, -0.25) is 0 Å². The van der Waals surface area contributed by atoms with Gasteiger partial charge < -0.3 is 10.1 Å². The summed E-state index contributed by atoms with van der Waals surface area (Å²) in [5.74, 6) is 0.793. The predicted octanol–water partition coefficient (Wildman–Crippen LogP) is 2.93. The second kappa shape index (κ2) is 6.85. The van der Waals surface area contributed by atoms with Gasteiger partial charge in [-0.25, -0.2) is 9.97 Å².